The molecule has 0 radical (unpaired) electrons. The molecule has 0 amide bonds. The molecule has 9 heteroatoms. The third-order valence-corrected chi connectivity index (χ3v) is 8.72. The van der Waals surface area contributed by atoms with Crippen LogP contribution in [0.3, 0.4) is 0 Å². The van der Waals surface area contributed by atoms with Crippen molar-refractivity contribution in [3.63, 3.8) is 0 Å². The molecule has 3 aromatic carbocycles. The monoisotopic (exact) mass is 649 g/mol. The number of allylic oxidation sites excluding steroid dienone is 3. The zero-order chi connectivity index (χ0) is 31.3. The number of hydrogen-bond donors (Lipinski definition) is 1. The van der Waals surface area contributed by atoms with Crippen molar-refractivity contribution in [3.8, 4) is 11.8 Å². The minimum Gasteiger partial charge on any atom is -0.488 e. The van der Waals surface area contributed by atoms with Crippen molar-refractivity contribution in [3.05, 3.63) is 116 Å². The van der Waals surface area contributed by atoms with E-state index in [4.69, 9.17) is 10.5 Å². The molecular weight excluding hydrogens is 619 g/mol. The summed E-state index contributed by atoms with van der Waals surface area (Å²) in [6.45, 7) is 7.87. The van der Waals surface area contributed by atoms with Gasteiger partial charge in [0.05, 0.1) is 33.3 Å². The Hall–Kier alpha value is -4.03. The topological polar surface area (TPSA) is 79.3 Å². The summed E-state index contributed by atoms with van der Waals surface area (Å²) < 4.78 is 49.6. The van der Waals surface area contributed by atoms with Gasteiger partial charge in [0.15, 0.2) is 5.78 Å². The number of nitriles is 1. The van der Waals surface area contributed by atoms with Gasteiger partial charge < -0.3 is 10.5 Å². The van der Waals surface area contributed by atoms with E-state index in [0.717, 1.165) is 27.2 Å². The van der Waals surface area contributed by atoms with Gasteiger partial charge in [-0.2, -0.15) is 18.4 Å². The largest absolute Gasteiger partial charge is 0.488 e. The van der Waals surface area contributed by atoms with Gasteiger partial charge >= 0.3 is 6.18 Å². The van der Waals surface area contributed by atoms with E-state index in [9.17, 15) is 23.2 Å². The van der Waals surface area contributed by atoms with Gasteiger partial charge in [0.25, 0.3) is 0 Å². The number of anilines is 1. The Morgan fingerprint density at radius 3 is 2.44 bits per heavy atom. The highest BCUT2D eigenvalue weighted by atomic mass is 79.9. The molecule has 5 rings (SSSR count). The van der Waals surface area contributed by atoms with E-state index in [-0.39, 0.29) is 35.9 Å². The average Bonchev–Trinajstić information content (AvgIpc) is 2.92. The van der Waals surface area contributed by atoms with Crippen LogP contribution in [0, 0.1) is 30.6 Å². The summed E-state index contributed by atoms with van der Waals surface area (Å²) in [5, 5.41) is 10.5. The van der Waals surface area contributed by atoms with Crippen LogP contribution < -0.4 is 15.4 Å². The number of benzene rings is 3. The molecule has 43 heavy (non-hydrogen) atoms. The van der Waals surface area contributed by atoms with Crippen LogP contribution in [0.15, 0.2) is 87.8 Å². The lowest BCUT2D eigenvalue weighted by molar-refractivity contribution is -0.137. The van der Waals surface area contributed by atoms with Gasteiger partial charge in [-0.25, -0.2) is 0 Å². The zero-order valence-corrected chi connectivity index (χ0v) is 25.9. The molecule has 2 N–H and O–H groups in total. The van der Waals surface area contributed by atoms with Crippen molar-refractivity contribution in [2.45, 2.75) is 59.2 Å². The lowest BCUT2D eigenvalue weighted by Gasteiger charge is -2.44. The Morgan fingerprint density at radius 2 is 1.77 bits per heavy atom. The first-order valence-electron chi connectivity index (χ1n) is 13.8. The number of para-hydroxylation sites is 2. The number of rotatable bonds is 5. The highest BCUT2D eigenvalue weighted by molar-refractivity contribution is 9.10. The van der Waals surface area contributed by atoms with Gasteiger partial charge in [-0.15, -0.1) is 0 Å². The van der Waals surface area contributed by atoms with E-state index in [1.54, 1.807) is 0 Å². The molecule has 0 bridgehead atoms. The number of Topliss-reactive ketones (excluding diaryl/α,β-unsaturated/α-hetero) is 1. The Labute approximate surface area is 257 Å². The van der Waals surface area contributed by atoms with Crippen LogP contribution in [-0.2, 0) is 17.6 Å². The Balaban J connectivity index is 1.72. The molecule has 0 saturated heterocycles. The van der Waals surface area contributed by atoms with E-state index in [1.165, 1.54) is 23.1 Å². The third kappa shape index (κ3) is 5.68. The number of carbonyl (C=O) groups is 1. The van der Waals surface area contributed by atoms with Crippen LogP contribution in [0.25, 0.3) is 0 Å². The second kappa shape index (κ2) is 11.2. The first-order chi connectivity index (χ1) is 20.2. The molecule has 2 aliphatic rings. The number of ether oxygens (including phenoxy) is 1. The Morgan fingerprint density at radius 1 is 1.09 bits per heavy atom. The molecule has 0 aromatic heterocycles. The van der Waals surface area contributed by atoms with Crippen LogP contribution in [0.5, 0.6) is 5.75 Å². The molecule has 1 atom stereocenters. The minimum atomic E-state index is -4.68. The normalized spacial score (nSPS) is 18.4. The van der Waals surface area contributed by atoms with Gasteiger partial charge in [-0.3, -0.25) is 9.69 Å². The number of nitrogens with two attached hydrogens (primary N) is 1. The predicted octanol–water partition coefficient (Wildman–Crippen LogP) is 8.60. The highest BCUT2D eigenvalue weighted by Gasteiger charge is 2.47. The van der Waals surface area contributed by atoms with Crippen molar-refractivity contribution in [2.75, 3.05) is 4.90 Å². The number of halogens is 4. The summed E-state index contributed by atoms with van der Waals surface area (Å²) in [6, 6.07) is 18.7. The summed E-state index contributed by atoms with van der Waals surface area (Å²) in [6.07, 6.45) is -4.18. The molecule has 0 saturated carbocycles. The maximum absolute atomic E-state index is 14.2. The number of aryl methyl sites for hydroxylation is 1. The fraction of sp³-hybridized carbons (Fsp3) is 0.294. The number of alkyl halides is 3. The minimum absolute atomic E-state index is 0.0372. The Bertz CT molecular complexity index is 1730. The molecule has 1 unspecified atom stereocenters. The van der Waals surface area contributed by atoms with E-state index in [1.807, 2.05) is 64.1 Å². The second-order valence-corrected chi connectivity index (χ2v) is 12.7. The molecule has 3 aromatic rings. The van der Waals surface area contributed by atoms with Gasteiger partial charge in [0.1, 0.15) is 18.2 Å². The summed E-state index contributed by atoms with van der Waals surface area (Å²) in [4.78, 5) is 15.3. The molecule has 1 aliphatic carbocycles. The summed E-state index contributed by atoms with van der Waals surface area (Å²) >= 11 is 3.50. The highest BCUT2D eigenvalue weighted by Crippen LogP contribution is 2.52. The quantitative estimate of drug-likeness (QED) is 0.299. The average molecular weight is 651 g/mol. The van der Waals surface area contributed by atoms with Crippen molar-refractivity contribution in [2.24, 2.45) is 11.1 Å². The van der Waals surface area contributed by atoms with Crippen molar-refractivity contribution in [1.29, 1.82) is 5.26 Å². The lowest BCUT2D eigenvalue weighted by atomic mass is 9.67. The predicted molar refractivity (Wildman–Crippen MR) is 163 cm³/mol. The number of ketones is 1. The van der Waals surface area contributed by atoms with Crippen molar-refractivity contribution >= 4 is 27.4 Å². The fourth-order valence-electron chi connectivity index (χ4n) is 6.13. The van der Waals surface area contributed by atoms with E-state index >= 15 is 0 Å². The summed E-state index contributed by atoms with van der Waals surface area (Å²) in [7, 11) is 0. The lowest BCUT2D eigenvalue weighted by Crippen LogP contribution is -2.42. The maximum Gasteiger partial charge on any atom is 0.418 e. The van der Waals surface area contributed by atoms with Gasteiger partial charge in [0, 0.05) is 17.7 Å². The van der Waals surface area contributed by atoms with Crippen LogP contribution >= 0.6 is 15.9 Å². The summed E-state index contributed by atoms with van der Waals surface area (Å²) in [5.41, 5.74) is 9.05. The Kier molecular flexibility index (Phi) is 7.95. The first kappa shape index (κ1) is 30.4. The van der Waals surface area contributed by atoms with Gasteiger partial charge in [-0.1, -0.05) is 55.8 Å². The SMILES string of the molecule is Cc1cc(COc2ccccc2Br)c(C)c(C2C(C#N)=C(N)N(c3ccccc3C(F)(F)F)C3=C2C(=O)CC(C)(C)C3)c1. The first-order valence-corrected chi connectivity index (χ1v) is 14.6. The zero-order valence-electron chi connectivity index (χ0n) is 24.3. The molecule has 0 fully saturated rings. The number of hydrogen-bond acceptors (Lipinski definition) is 5. The standard InChI is InChI=1S/C34H31BrF3N3O2/c1-19-13-21(18-43-29-12-8-6-10-25(29)35)20(2)22(14-19)30-23(17-39)32(40)41(26-11-7-5-9-24(26)34(36,37)38)27-15-33(3,4)16-28(42)31(27)30/h5-14,30H,15-16,18,40H2,1-4H3. The van der Waals surface area contributed by atoms with Crippen LogP contribution in [0.4, 0.5) is 18.9 Å². The number of nitrogens with zero attached hydrogens (tertiary/aromatic N) is 2. The van der Waals surface area contributed by atoms with Crippen molar-refractivity contribution < 1.29 is 22.7 Å². The second-order valence-electron chi connectivity index (χ2n) is 11.9. The van der Waals surface area contributed by atoms with Crippen LogP contribution in [0.1, 0.15) is 60.4 Å². The maximum atomic E-state index is 14.2. The van der Waals surface area contributed by atoms with E-state index < -0.39 is 23.1 Å². The molecule has 222 valence electrons. The molecule has 5 nitrogen and oxygen atoms in total. The third-order valence-electron chi connectivity index (χ3n) is 8.06. The molecule has 1 aliphatic heterocycles. The molecule has 1 heterocycles. The van der Waals surface area contributed by atoms with E-state index in [2.05, 4.69) is 22.0 Å². The van der Waals surface area contributed by atoms with Gasteiger partial charge in [-0.05, 0) is 82.6 Å². The molecule has 0 spiro atoms. The number of carbonyl (C=O) groups excluding carboxylic acids is 1. The smallest absolute Gasteiger partial charge is 0.418 e. The molecular formula is C34H31BrF3N3O2. The van der Waals surface area contributed by atoms with Crippen molar-refractivity contribution in [1.82, 2.24) is 0 Å². The van der Waals surface area contributed by atoms with Gasteiger partial charge in [0.2, 0.25) is 0 Å². The van der Waals surface area contributed by atoms with Crippen LogP contribution in [0.2, 0.25) is 0 Å². The van der Waals surface area contributed by atoms with E-state index in [0.29, 0.717) is 29.0 Å². The van der Waals surface area contributed by atoms with Crippen LogP contribution in [-0.4, -0.2) is 5.78 Å². The summed E-state index contributed by atoms with van der Waals surface area (Å²) in [5.74, 6) is -0.489. The fourth-order valence-corrected chi connectivity index (χ4v) is 6.53.